The van der Waals surface area contributed by atoms with E-state index in [9.17, 15) is 9.59 Å². The topological polar surface area (TPSA) is 93.2 Å². The van der Waals surface area contributed by atoms with Crippen LogP contribution >= 0.6 is 24.8 Å². The van der Waals surface area contributed by atoms with Crippen molar-refractivity contribution in [3.63, 3.8) is 0 Å². The highest BCUT2D eigenvalue weighted by Crippen LogP contribution is 2.30. The maximum Gasteiger partial charge on any atom is 0.362 e. The van der Waals surface area contributed by atoms with Gasteiger partial charge in [-0.15, -0.1) is 24.8 Å². The Labute approximate surface area is 237 Å². The zero-order chi connectivity index (χ0) is 25.4. The number of rotatable bonds is 10. The summed E-state index contributed by atoms with van der Waals surface area (Å²) in [6.07, 6.45) is 5.47. The van der Waals surface area contributed by atoms with E-state index >= 15 is 0 Å². The maximum absolute atomic E-state index is 14.0. The molecule has 2 aliphatic rings. The van der Waals surface area contributed by atoms with Crippen molar-refractivity contribution in [2.45, 2.75) is 37.5 Å². The average Bonchev–Trinajstić information content (AvgIpc) is 2.95. The van der Waals surface area contributed by atoms with Gasteiger partial charge in [-0.25, -0.2) is 4.79 Å². The number of methoxy groups -OCH3 is 2. The Morgan fingerprint density at radius 3 is 2.18 bits per heavy atom. The number of piperidine rings is 1. The second-order valence-electron chi connectivity index (χ2n) is 9.15. The van der Waals surface area contributed by atoms with Crippen LogP contribution in [-0.2, 0) is 25.5 Å². The molecule has 0 amide bonds. The van der Waals surface area contributed by atoms with E-state index in [0.29, 0.717) is 32.6 Å². The number of hydrogen-bond acceptors (Lipinski definition) is 9. The van der Waals surface area contributed by atoms with Crippen LogP contribution in [0.15, 0.2) is 48.8 Å². The number of anilines is 1. The van der Waals surface area contributed by atoms with Gasteiger partial charge >= 0.3 is 5.97 Å². The third kappa shape index (κ3) is 7.36. The van der Waals surface area contributed by atoms with Crippen LogP contribution in [0.25, 0.3) is 0 Å². The number of pyridine rings is 1. The minimum atomic E-state index is -1.76. The molecule has 3 heterocycles. The number of esters is 1. The van der Waals surface area contributed by atoms with Crippen LogP contribution in [0.1, 0.15) is 24.8 Å². The van der Waals surface area contributed by atoms with Gasteiger partial charge in [-0.05, 0) is 62.2 Å². The summed E-state index contributed by atoms with van der Waals surface area (Å²) in [4.78, 5) is 35.6. The summed E-state index contributed by atoms with van der Waals surface area (Å²) in [6.45, 7) is 3.89. The highest BCUT2D eigenvalue weighted by molar-refractivity contribution is 6.07. The molecule has 2 aromatic rings. The molecule has 0 aliphatic carbocycles. The third-order valence-corrected chi connectivity index (χ3v) is 7.02. The van der Waals surface area contributed by atoms with Crippen molar-refractivity contribution in [1.82, 2.24) is 15.2 Å². The molecule has 1 N–H and O–H groups in total. The molecule has 1 unspecified atom stereocenters. The molecule has 210 valence electrons. The fourth-order valence-electron chi connectivity index (χ4n) is 4.95. The van der Waals surface area contributed by atoms with Gasteiger partial charge in [-0.2, -0.15) is 0 Å². The number of hydrogen-bond donors (Lipinski definition) is 1. The SMILES string of the molecule is COC(=O)C(OC1CCNCC1)(C(=O)CCc1ccc(OC)cc1)N1CCN(c2ccncc2)CC1.Cl.Cl. The predicted molar refractivity (Wildman–Crippen MR) is 151 cm³/mol. The van der Waals surface area contributed by atoms with Crippen LogP contribution in [0, 0.1) is 0 Å². The Morgan fingerprint density at radius 2 is 1.61 bits per heavy atom. The standard InChI is InChI=1S/C27H36N4O5.2ClH/c1-34-23-6-3-21(4-7-23)5-8-25(32)27(26(33)35-2,36-24-11-15-29-16-12-24)31-19-17-30(18-20-31)22-9-13-28-14-10-22;;/h3-4,6-7,9-10,13-14,24,29H,5,8,11-12,15-20H2,1-2H3;2*1H. The van der Waals surface area contributed by atoms with E-state index in [1.54, 1.807) is 19.5 Å². The van der Waals surface area contributed by atoms with Crippen LogP contribution in [0.2, 0.25) is 0 Å². The molecule has 4 rings (SSSR count). The lowest BCUT2D eigenvalue weighted by molar-refractivity contribution is -0.216. The van der Waals surface area contributed by atoms with E-state index in [1.165, 1.54) is 7.11 Å². The number of Topliss-reactive ketones (excluding diaryl/α,β-unsaturated/α-hetero) is 1. The Kier molecular flexibility index (Phi) is 12.7. The van der Waals surface area contributed by atoms with E-state index in [2.05, 4.69) is 15.2 Å². The molecule has 1 atom stereocenters. The first-order valence-electron chi connectivity index (χ1n) is 12.6. The van der Waals surface area contributed by atoms with Crippen molar-refractivity contribution in [2.24, 2.45) is 0 Å². The highest BCUT2D eigenvalue weighted by Gasteiger charge is 2.54. The van der Waals surface area contributed by atoms with Crippen molar-refractivity contribution in [3.05, 3.63) is 54.4 Å². The highest BCUT2D eigenvalue weighted by atomic mass is 35.5. The minimum Gasteiger partial charge on any atom is -0.497 e. The zero-order valence-corrected chi connectivity index (χ0v) is 23.6. The second-order valence-corrected chi connectivity index (χ2v) is 9.15. The zero-order valence-electron chi connectivity index (χ0n) is 22.0. The Bertz CT molecular complexity index is 1000. The van der Waals surface area contributed by atoms with E-state index in [0.717, 1.165) is 42.9 Å². The van der Waals surface area contributed by atoms with Crippen molar-refractivity contribution in [3.8, 4) is 5.75 Å². The number of nitrogens with one attached hydrogen (secondary N) is 1. The van der Waals surface area contributed by atoms with E-state index in [4.69, 9.17) is 14.2 Å². The van der Waals surface area contributed by atoms with E-state index in [-0.39, 0.29) is 43.1 Å². The molecule has 0 bridgehead atoms. The molecule has 0 saturated carbocycles. The van der Waals surface area contributed by atoms with Gasteiger partial charge in [-0.3, -0.25) is 14.7 Å². The first-order valence-corrected chi connectivity index (χ1v) is 12.6. The largest absolute Gasteiger partial charge is 0.497 e. The molecule has 38 heavy (non-hydrogen) atoms. The fraction of sp³-hybridized carbons (Fsp3) is 0.519. The lowest BCUT2D eigenvalue weighted by atomic mass is 9.96. The maximum atomic E-state index is 14.0. The Balaban J connectivity index is 0.00000253. The van der Waals surface area contributed by atoms with Crippen LogP contribution in [-0.4, -0.2) is 87.0 Å². The molecule has 11 heteroatoms. The van der Waals surface area contributed by atoms with Gasteiger partial charge in [0.25, 0.3) is 5.72 Å². The van der Waals surface area contributed by atoms with Crippen LogP contribution in [0.3, 0.4) is 0 Å². The molecule has 9 nitrogen and oxygen atoms in total. The van der Waals surface area contributed by atoms with E-state index < -0.39 is 11.7 Å². The third-order valence-electron chi connectivity index (χ3n) is 7.02. The quantitative estimate of drug-likeness (QED) is 0.343. The predicted octanol–water partition coefficient (Wildman–Crippen LogP) is 2.90. The van der Waals surface area contributed by atoms with Crippen molar-refractivity contribution >= 4 is 42.3 Å². The summed E-state index contributed by atoms with van der Waals surface area (Å²) >= 11 is 0. The van der Waals surface area contributed by atoms with Crippen LogP contribution < -0.4 is 15.0 Å². The number of nitrogens with zero attached hydrogens (tertiary/aromatic N) is 3. The van der Waals surface area contributed by atoms with Gasteiger partial charge in [0.05, 0.1) is 20.3 Å². The molecule has 2 aliphatic heterocycles. The molecular formula is C27H38Cl2N4O5. The average molecular weight is 570 g/mol. The van der Waals surface area contributed by atoms with Crippen LogP contribution in [0.4, 0.5) is 5.69 Å². The molecule has 1 aromatic heterocycles. The first-order chi connectivity index (χ1) is 17.6. The number of carbonyl (C=O) groups excluding carboxylic acids is 2. The number of aryl methyl sites for hydroxylation is 1. The molecule has 2 saturated heterocycles. The monoisotopic (exact) mass is 568 g/mol. The number of halogens is 2. The van der Waals surface area contributed by atoms with Gasteiger partial charge in [0, 0.05) is 50.7 Å². The molecule has 0 spiro atoms. The summed E-state index contributed by atoms with van der Waals surface area (Å²) in [7, 11) is 2.95. The molecule has 0 radical (unpaired) electrons. The number of aromatic nitrogens is 1. The Morgan fingerprint density at radius 1 is 0.974 bits per heavy atom. The van der Waals surface area contributed by atoms with Gasteiger partial charge in [0.1, 0.15) is 5.75 Å². The molecule has 2 fully saturated rings. The number of carbonyl (C=O) groups is 2. The summed E-state index contributed by atoms with van der Waals surface area (Å²) in [5, 5.41) is 3.32. The number of piperazine rings is 1. The normalized spacial score (nSPS) is 17.9. The van der Waals surface area contributed by atoms with Gasteiger partial charge in [0.15, 0.2) is 5.78 Å². The Hall–Kier alpha value is -2.43. The number of ketones is 1. The van der Waals surface area contributed by atoms with Gasteiger partial charge in [-0.1, -0.05) is 12.1 Å². The molecule has 1 aromatic carbocycles. The molecular weight excluding hydrogens is 531 g/mol. The van der Waals surface area contributed by atoms with E-state index in [1.807, 2.05) is 41.3 Å². The van der Waals surface area contributed by atoms with Gasteiger partial charge < -0.3 is 24.4 Å². The lowest BCUT2D eigenvalue weighted by Gasteiger charge is -2.46. The smallest absolute Gasteiger partial charge is 0.362 e. The summed E-state index contributed by atoms with van der Waals surface area (Å²) in [5.74, 6) is -0.144. The summed E-state index contributed by atoms with van der Waals surface area (Å²) in [6, 6.07) is 11.6. The van der Waals surface area contributed by atoms with Crippen molar-refractivity contribution in [1.29, 1.82) is 0 Å². The van der Waals surface area contributed by atoms with Crippen molar-refractivity contribution < 1.29 is 23.8 Å². The lowest BCUT2D eigenvalue weighted by Crippen LogP contribution is -2.67. The van der Waals surface area contributed by atoms with Crippen LogP contribution in [0.5, 0.6) is 5.75 Å². The first kappa shape index (κ1) is 31.8. The van der Waals surface area contributed by atoms with Crippen molar-refractivity contribution in [2.75, 3.05) is 58.4 Å². The fourth-order valence-corrected chi connectivity index (χ4v) is 4.95. The summed E-state index contributed by atoms with van der Waals surface area (Å²) in [5.41, 5.74) is 0.304. The minimum absolute atomic E-state index is 0. The van der Waals surface area contributed by atoms with Gasteiger partial charge in [0.2, 0.25) is 0 Å². The number of benzene rings is 1. The summed E-state index contributed by atoms with van der Waals surface area (Å²) < 4.78 is 17.0. The second kappa shape index (κ2) is 15.2. The number of ether oxygens (including phenoxy) is 3.